The van der Waals surface area contributed by atoms with Crippen molar-refractivity contribution in [2.75, 3.05) is 0 Å². The van der Waals surface area contributed by atoms with E-state index in [9.17, 15) is 14.3 Å². The molecule has 1 heterocycles. The van der Waals surface area contributed by atoms with Crippen LogP contribution >= 0.6 is 0 Å². The zero-order chi connectivity index (χ0) is 13.0. The average Bonchev–Trinajstić information content (AvgIpc) is 2.37. The van der Waals surface area contributed by atoms with Crippen molar-refractivity contribution in [3.63, 3.8) is 0 Å². The van der Waals surface area contributed by atoms with E-state index in [2.05, 4.69) is 9.97 Å². The van der Waals surface area contributed by atoms with Crippen LogP contribution in [0.1, 0.15) is 17.2 Å². The molecule has 0 saturated carbocycles. The lowest BCUT2D eigenvalue weighted by atomic mass is 9.96. The molecule has 0 amide bonds. The third kappa shape index (κ3) is 2.88. The predicted octanol–water partition coefficient (Wildman–Crippen LogP) is 2.03. The van der Waals surface area contributed by atoms with E-state index in [0.717, 1.165) is 0 Å². The van der Waals surface area contributed by atoms with Gasteiger partial charge < -0.3 is 5.11 Å². The molecule has 1 aromatic heterocycles. The van der Waals surface area contributed by atoms with Crippen LogP contribution in [0.2, 0.25) is 0 Å². The molecule has 0 aliphatic heterocycles. The summed E-state index contributed by atoms with van der Waals surface area (Å²) in [5, 5.41) is 9.20. The normalized spacial score (nSPS) is 12.1. The van der Waals surface area contributed by atoms with Crippen LogP contribution in [0.15, 0.2) is 42.9 Å². The van der Waals surface area contributed by atoms with Crippen molar-refractivity contribution in [2.24, 2.45) is 0 Å². The SMILES string of the molecule is O=C(O)C(Cc1cccc(F)c1)c1ccncn1. The summed E-state index contributed by atoms with van der Waals surface area (Å²) in [4.78, 5) is 18.9. The van der Waals surface area contributed by atoms with Crippen LogP contribution in [-0.4, -0.2) is 21.0 Å². The molecule has 0 aliphatic rings. The van der Waals surface area contributed by atoms with Gasteiger partial charge in [0, 0.05) is 6.20 Å². The molecule has 1 aromatic carbocycles. The molecular weight excluding hydrogens is 235 g/mol. The van der Waals surface area contributed by atoms with Crippen molar-refractivity contribution in [2.45, 2.75) is 12.3 Å². The lowest BCUT2D eigenvalue weighted by Gasteiger charge is -2.11. The molecule has 0 bridgehead atoms. The van der Waals surface area contributed by atoms with Gasteiger partial charge in [-0.1, -0.05) is 12.1 Å². The summed E-state index contributed by atoms with van der Waals surface area (Å²) in [6.45, 7) is 0. The minimum absolute atomic E-state index is 0.199. The van der Waals surface area contributed by atoms with Gasteiger partial charge in [-0.15, -0.1) is 0 Å². The van der Waals surface area contributed by atoms with Gasteiger partial charge in [-0.3, -0.25) is 4.79 Å². The van der Waals surface area contributed by atoms with Crippen molar-refractivity contribution in [1.29, 1.82) is 0 Å². The van der Waals surface area contributed by atoms with Gasteiger partial charge in [-0.2, -0.15) is 0 Å². The molecule has 2 rings (SSSR count). The third-order valence-corrected chi connectivity index (χ3v) is 2.59. The molecule has 92 valence electrons. The van der Waals surface area contributed by atoms with Crippen LogP contribution in [0.4, 0.5) is 4.39 Å². The quantitative estimate of drug-likeness (QED) is 0.896. The monoisotopic (exact) mass is 246 g/mol. The number of benzene rings is 1. The first-order valence-electron chi connectivity index (χ1n) is 5.40. The number of aromatic nitrogens is 2. The molecule has 1 N–H and O–H groups in total. The van der Waals surface area contributed by atoms with Gasteiger partial charge in [0.1, 0.15) is 18.1 Å². The van der Waals surface area contributed by atoms with Gasteiger partial charge in [-0.25, -0.2) is 14.4 Å². The smallest absolute Gasteiger partial charge is 0.312 e. The zero-order valence-electron chi connectivity index (χ0n) is 9.45. The fourth-order valence-corrected chi connectivity index (χ4v) is 1.73. The largest absolute Gasteiger partial charge is 0.481 e. The number of rotatable bonds is 4. The summed E-state index contributed by atoms with van der Waals surface area (Å²) in [7, 11) is 0. The second kappa shape index (κ2) is 5.35. The Kier molecular flexibility index (Phi) is 3.62. The number of carbonyl (C=O) groups is 1. The molecule has 4 nitrogen and oxygen atoms in total. The maximum atomic E-state index is 13.0. The van der Waals surface area contributed by atoms with Crippen molar-refractivity contribution in [3.05, 3.63) is 59.9 Å². The van der Waals surface area contributed by atoms with E-state index in [-0.39, 0.29) is 12.2 Å². The van der Waals surface area contributed by atoms with Gasteiger partial charge in [0.2, 0.25) is 0 Å². The highest BCUT2D eigenvalue weighted by atomic mass is 19.1. The van der Waals surface area contributed by atoms with Crippen molar-refractivity contribution >= 4 is 5.97 Å². The summed E-state index contributed by atoms with van der Waals surface area (Å²) >= 11 is 0. The van der Waals surface area contributed by atoms with E-state index in [1.807, 2.05) is 0 Å². The van der Waals surface area contributed by atoms with Gasteiger partial charge >= 0.3 is 5.97 Å². The summed E-state index contributed by atoms with van der Waals surface area (Å²) < 4.78 is 13.0. The first kappa shape index (κ1) is 12.2. The number of halogens is 1. The van der Waals surface area contributed by atoms with Crippen molar-refractivity contribution in [1.82, 2.24) is 9.97 Å². The van der Waals surface area contributed by atoms with Gasteiger partial charge in [0.15, 0.2) is 0 Å². The molecule has 0 fully saturated rings. The Bertz CT molecular complexity index is 546. The fourth-order valence-electron chi connectivity index (χ4n) is 1.73. The van der Waals surface area contributed by atoms with Crippen LogP contribution in [0.25, 0.3) is 0 Å². The van der Waals surface area contributed by atoms with Crippen LogP contribution < -0.4 is 0 Å². The highest BCUT2D eigenvalue weighted by molar-refractivity contribution is 5.75. The Morgan fingerprint density at radius 1 is 1.39 bits per heavy atom. The number of carboxylic acids is 1. The van der Waals surface area contributed by atoms with E-state index < -0.39 is 11.9 Å². The number of aliphatic carboxylic acids is 1. The molecule has 0 radical (unpaired) electrons. The van der Waals surface area contributed by atoms with Gasteiger partial charge in [-0.05, 0) is 30.2 Å². The highest BCUT2D eigenvalue weighted by Gasteiger charge is 2.21. The first-order chi connectivity index (χ1) is 8.66. The van der Waals surface area contributed by atoms with E-state index in [1.54, 1.807) is 18.2 Å². The Morgan fingerprint density at radius 2 is 2.22 bits per heavy atom. The maximum absolute atomic E-state index is 13.0. The number of hydrogen-bond donors (Lipinski definition) is 1. The van der Waals surface area contributed by atoms with Crippen molar-refractivity contribution in [3.8, 4) is 0 Å². The lowest BCUT2D eigenvalue weighted by Crippen LogP contribution is -2.16. The number of hydrogen-bond acceptors (Lipinski definition) is 3. The summed E-state index contributed by atoms with van der Waals surface area (Å²) in [6, 6.07) is 7.46. The summed E-state index contributed by atoms with van der Waals surface area (Å²) in [6.07, 6.45) is 2.99. The molecule has 2 aromatic rings. The van der Waals surface area contributed by atoms with Crippen LogP contribution in [0.5, 0.6) is 0 Å². The molecular formula is C13H11FN2O2. The summed E-state index contributed by atoms with van der Waals surface area (Å²) in [5.74, 6) is -2.16. The van der Waals surface area contributed by atoms with E-state index >= 15 is 0 Å². The van der Waals surface area contributed by atoms with Crippen molar-refractivity contribution < 1.29 is 14.3 Å². The maximum Gasteiger partial charge on any atom is 0.312 e. The zero-order valence-corrected chi connectivity index (χ0v) is 9.45. The Balaban J connectivity index is 2.25. The average molecular weight is 246 g/mol. The topological polar surface area (TPSA) is 63.1 Å². The van der Waals surface area contributed by atoms with E-state index in [0.29, 0.717) is 11.3 Å². The lowest BCUT2D eigenvalue weighted by molar-refractivity contribution is -0.138. The second-order valence-corrected chi connectivity index (χ2v) is 3.86. The molecule has 0 spiro atoms. The standard InChI is InChI=1S/C13H11FN2O2/c14-10-3-1-2-9(6-10)7-11(13(17)18)12-4-5-15-8-16-12/h1-6,8,11H,7H2,(H,17,18). The minimum atomic E-state index is -0.988. The van der Waals surface area contributed by atoms with Gasteiger partial charge in [0.05, 0.1) is 5.69 Å². The number of carboxylic acid groups (broad SMARTS) is 1. The molecule has 0 saturated heterocycles. The van der Waals surface area contributed by atoms with E-state index in [1.165, 1.54) is 24.7 Å². The first-order valence-corrected chi connectivity index (χ1v) is 5.40. The van der Waals surface area contributed by atoms with Crippen LogP contribution in [0.3, 0.4) is 0 Å². The Morgan fingerprint density at radius 3 is 2.83 bits per heavy atom. The molecule has 18 heavy (non-hydrogen) atoms. The molecule has 1 unspecified atom stereocenters. The predicted molar refractivity (Wildman–Crippen MR) is 62.5 cm³/mol. The summed E-state index contributed by atoms with van der Waals surface area (Å²) in [5.41, 5.74) is 1.04. The molecule has 1 atom stereocenters. The molecule has 0 aliphatic carbocycles. The van der Waals surface area contributed by atoms with E-state index in [4.69, 9.17) is 0 Å². The molecule has 5 heteroatoms. The van der Waals surface area contributed by atoms with Crippen LogP contribution in [0, 0.1) is 5.82 Å². The minimum Gasteiger partial charge on any atom is -0.481 e. The number of nitrogens with zero attached hydrogens (tertiary/aromatic N) is 2. The van der Waals surface area contributed by atoms with Gasteiger partial charge in [0.25, 0.3) is 0 Å². The van der Waals surface area contributed by atoms with Crippen LogP contribution in [-0.2, 0) is 11.2 Å². The second-order valence-electron chi connectivity index (χ2n) is 3.86. The Labute approximate surface area is 103 Å². The fraction of sp³-hybridized carbons (Fsp3) is 0.154. The highest BCUT2D eigenvalue weighted by Crippen LogP contribution is 2.19. The Hall–Kier alpha value is -2.30. The third-order valence-electron chi connectivity index (χ3n) is 2.59.